The summed E-state index contributed by atoms with van der Waals surface area (Å²) >= 11 is 0. The lowest BCUT2D eigenvalue weighted by Crippen LogP contribution is -2.31. The Hall–Kier alpha value is -3.76. The zero-order valence-corrected chi connectivity index (χ0v) is 17.2. The minimum Gasteiger partial charge on any atom is -0.503 e. The number of aromatic nitrogens is 4. The Labute approximate surface area is 183 Å². The van der Waals surface area contributed by atoms with Crippen LogP contribution in [0.25, 0.3) is 22.3 Å². The third-order valence-corrected chi connectivity index (χ3v) is 5.72. The molecule has 2 aromatic carbocycles. The van der Waals surface area contributed by atoms with Gasteiger partial charge in [0.05, 0.1) is 10.9 Å². The molecule has 1 aliphatic heterocycles. The molecule has 0 fully saturated rings. The predicted molar refractivity (Wildman–Crippen MR) is 110 cm³/mol. The van der Waals surface area contributed by atoms with Gasteiger partial charge in [0.25, 0.3) is 0 Å². The van der Waals surface area contributed by atoms with Crippen LogP contribution in [0, 0.1) is 11.6 Å². The van der Waals surface area contributed by atoms with Gasteiger partial charge in [-0.1, -0.05) is 24.3 Å². The van der Waals surface area contributed by atoms with Crippen molar-refractivity contribution in [2.45, 2.75) is 19.1 Å². The molecule has 0 saturated heterocycles. The second kappa shape index (κ2) is 7.39. The van der Waals surface area contributed by atoms with Crippen LogP contribution in [-0.2, 0) is 26.2 Å². The van der Waals surface area contributed by atoms with Gasteiger partial charge in [-0.2, -0.15) is 23.3 Å². The molecule has 11 heteroatoms. The first-order chi connectivity index (χ1) is 15.6. The van der Waals surface area contributed by atoms with E-state index in [0.29, 0.717) is 25.1 Å². The normalized spacial score (nSPS) is 14.1. The first kappa shape index (κ1) is 21.1. The maximum atomic E-state index is 14.6. The van der Waals surface area contributed by atoms with E-state index in [2.05, 4.69) is 21.1 Å². The summed E-state index contributed by atoms with van der Waals surface area (Å²) in [6.45, 7) is 1.25. The van der Waals surface area contributed by atoms with Crippen LogP contribution < -0.4 is 4.90 Å². The van der Waals surface area contributed by atoms with E-state index in [9.17, 15) is 27.1 Å². The smallest absolute Gasteiger partial charge is 0.419 e. The lowest BCUT2D eigenvalue weighted by atomic mass is 10.0. The highest BCUT2D eigenvalue weighted by Crippen LogP contribution is 2.41. The highest BCUT2D eigenvalue weighted by molar-refractivity contribution is 5.91. The van der Waals surface area contributed by atoms with Crippen molar-refractivity contribution in [2.24, 2.45) is 7.05 Å². The van der Waals surface area contributed by atoms with Gasteiger partial charge in [0, 0.05) is 31.9 Å². The van der Waals surface area contributed by atoms with Crippen LogP contribution in [-0.4, -0.2) is 31.4 Å². The number of alkyl halides is 3. The van der Waals surface area contributed by atoms with Gasteiger partial charge in [-0.25, -0.2) is 18.4 Å². The number of hydrogen-bond acceptors (Lipinski definition) is 5. The maximum Gasteiger partial charge on any atom is 0.419 e. The summed E-state index contributed by atoms with van der Waals surface area (Å²) in [5.74, 6) is -4.95. The number of phenols is 1. The minimum absolute atomic E-state index is 0.164. The molecule has 170 valence electrons. The summed E-state index contributed by atoms with van der Waals surface area (Å²) in [6, 6.07) is 8.30. The van der Waals surface area contributed by atoms with Crippen LogP contribution in [0.15, 0.2) is 36.5 Å². The molecule has 0 aliphatic carbocycles. The van der Waals surface area contributed by atoms with Crippen molar-refractivity contribution < 1.29 is 27.1 Å². The largest absolute Gasteiger partial charge is 0.503 e. The summed E-state index contributed by atoms with van der Waals surface area (Å²) in [5.41, 5.74) is -0.0897. The molecule has 0 bridgehead atoms. The Bertz CT molecular complexity index is 1400. The number of aryl methyl sites for hydroxylation is 1. The van der Waals surface area contributed by atoms with Crippen LogP contribution in [0.2, 0.25) is 0 Å². The van der Waals surface area contributed by atoms with Crippen molar-refractivity contribution in [3.05, 3.63) is 64.9 Å². The Morgan fingerprint density at radius 2 is 1.79 bits per heavy atom. The number of phenolic OH excluding ortho intramolecular Hbond substituents is 1. The lowest BCUT2D eigenvalue weighted by Gasteiger charge is -2.28. The van der Waals surface area contributed by atoms with Crippen molar-refractivity contribution in [3.8, 4) is 17.0 Å². The standard InChI is InChI=1S/C22H16F5N5O/c1-31-20-14(9-28-21(29-20)32-7-6-11-4-2-3-5-12(11)10-32)18(30-31)13-8-15(22(25,26)27)17(24)19(33)16(13)23/h2-5,8-9,33H,6-7,10H2,1H3. The predicted octanol–water partition coefficient (Wildman–Crippen LogP) is 4.60. The summed E-state index contributed by atoms with van der Waals surface area (Å²) < 4.78 is 69.4. The molecule has 0 atom stereocenters. The molecule has 0 saturated carbocycles. The molecule has 3 heterocycles. The van der Waals surface area contributed by atoms with Crippen molar-refractivity contribution >= 4 is 17.0 Å². The van der Waals surface area contributed by atoms with Gasteiger partial charge in [-0.15, -0.1) is 0 Å². The van der Waals surface area contributed by atoms with Gasteiger partial charge in [0.2, 0.25) is 5.95 Å². The first-order valence-corrected chi connectivity index (χ1v) is 9.95. The second-order valence-electron chi connectivity index (χ2n) is 7.77. The van der Waals surface area contributed by atoms with E-state index >= 15 is 0 Å². The van der Waals surface area contributed by atoms with Crippen LogP contribution >= 0.6 is 0 Å². The Morgan fingerprint density at radius 1 is 1.06 bits per heavy atom. The van der Waals surface area contributed by atoms with Crippen LogP contribution in [0.3, 0.4) is 0 Å². The van der Waals surface area contributed by atoms with Crippen LogP contribution in [0.4, 0.5) is 27.9 Å². The topological polar surface area (TPSA) is 67.1 Å². The fourth-order valence-corrected chi connectivity index (χ4v) is 4.05. The van der Waals surface area contributed by atoms with Gasteiger partial charge in [-0.3, -0.25) is 0 Å². The third kappa shape index (κ3) is 3.43. The van der Waals surface area contributed by atoms with Gasteiger partial charge in [0.1, 0.15) is 5.69 Å². The van der Waals surface area contributed by atoms with Crippen molar-refractivity contribution in [3.63, 3.8) is 0 Å². The molecular weight excluding hydrogens is 445 g/mol. The van der Waals surface area contributed by atoms with E-state index in [-0.39, 0.29) is 16.7 Å². The monoisotopic (exact) mass is 461 g/mol. The van der Waals surface area contributed by atoms with Gasteiger partial charge in [0.15, 0.2) is 23.0 Å². The molecule has 0 spiro atoms. The van der Waals surface area contributed by atoms with E-state index in [1.807, 2.05) is 23.1 Å². The lowest BCUT2D eigenvalue weighted by molar-refractivity contribution is -0.140. The summed E-state index contributed by atoms with van der Waals surface area (Å²) in [7, 11) is 1.50. The first-order valence-electron chi connectivity index (χ1n) is 9.95. The number of hydrogen-bond donors (Lipinski definition) is 1. The van der Waals surface area contributed by atoms with E-state index in [4.69, 9.17) is 0 Å². The SMILES string of the molecule is Cn1nc(-c2cc(C(F)(F)F)c(F)c(O)c2F)c2cnc(N3CCc4ccccc4C3)nc21. The summed E-state index contributed by atoms with van der Waals surface area (Å²) in [4.78, 5) is 10.8. The molecular formula is C22H16F5N5O. The zero-order chi connectivity index (χ0) is 23.5. The molecule has 0 radical (unpaired) electrons. The summed E-state index contributed by atoms with van der Waals surface area (Å²) in [6.07, 6.45) is -3.00. The fraction of sp³-hybridized carbons (Fsp3) is 0.227. The Balaban J connectivity index is 1.60. The third-order valence-electron chi connectivity index (χ3n) is 5.72. The number of fused-ring (bicyclic) bond motifs is 2. The van der Waals surface area contributed by atoms with E-state index < -0.39 is 34.7 Å². The molecule has 1 aliphatic rings. The van der Waals surface area contributed by atoms with Crippen LogP contribution in [0.1, 0.15) is 16.7 Å². The highest BCUT2D eigenvalue weighted by Gasteiger charge is 2.38. The molecule has 2 aromatic heterocycles. The number of aromatic hydroxyl groups is 1. The van der Waals surface area contributed by atoms with E-state index in [1.165, 1.54) is 23.5 Å². The summed E-state index contributed by atoms with van der Waals surface area (Å²) in [5, 5.41) is 13.9. The van der Waals surface area contributed by atoms with Crippen molar-refractivity contribution in [1.82, 2.24) is 19.7 Å². The molecule has 6 nitrogen and oxygen atoms in total. The van der Waals surface area contributed by atoms with Crippen molar-refractivity contribution in [1.29, 1.82) is 0 Å². The van der Waals surface area contributed by atoms with Crippen LogP contribution in [0.5, 0.6) is 5.75 Å². The number of anilines is 1. The maximum absolute atomic E-state index is 14.6. The molecule has 0 unspecified atom stereocenters. The quantitative estimate of drug-likeness (QED) is 0.442. The molecule has 4 aromatic rings. The van der Waals surface area contributed by atoms with Crippen molar-refractivity contribution in [2.75, 3.05) is 11.4 Å². The van der Waals surface area contributed by atoms with E-state index in [0.717, 1.165) is 12.0 Å². The Morgan fingerprint density at radius 3 is 2.52 bits per heavy atom. The Kier molecular flexibility index (Phi) is 4.73. The second-order valence-corrected chi connectivity index (χ2v) is 7.77. The average molecular weight is 461 g/mol. The minimum atomic E-state index is -5.14. The number of rotatable bonds is 2. The molecule has 1 N–H and O–H groups in total. The zero-order valence-electron chi connectivity index (χ0n) is 17.2. The van der Waals surface area contributed by atoms with Gasteiger partial charge >= 0.3 is 6.18 Å². The van der Waals surface area contributed by atoms with E-state index in [1.54, 1.807) is 0 Å². The highest BCUT2D eigenvalue weighted by atomic mass is 19.4. The van der Waals surface area contributed by atoms with Gasteiger partial charge in [-0.05, 0) is 23.6 Å². The number of nitrogens with zero attached hydrogens (tertiary/aromatic N) is 5. The fourth-order valence-electron chi connectivity index (χ4n) is 4.05. The number of halogens is 5. The molecule has 33 heavy (non-hydrogen) atoms. The molecule has 5 rings (SSSR count). The van der Waals surface area contributed by atoms with Gasteiger partial charge < -0.3 is 10.0 Å². The molecule has 0 amide bonds. The number of benzene rings is 2. The average Bonchev–Trinajstić information content (AvgIpc) is 3.12.